The molecule has 0 aliphatic carbocycles. The van der Waals surface area contributed by atoms with Gasteiger partial charge in [0.1, 0.15) is 11.5 Å². The number of anilines is 1. The van der Waals surface area contributed by atoms with Gasteiger partial charge in [-0.05, 0) is 36.6 Å². The number of methoxy groups -OCH3 is 2. The molecule has 2 heterocycles. The Labute approximate surface area is 179 Å². The number of aliphatic hydroxyl groups is 1. The highest BCUT2D eigenvalue weighted by atomic mass is 16.6. The van der Waals surface area contributed by atoms with Crippen LogP contribution in [0, 0.1) is 10.1 Å². The molecule has 2 aliphatic heterocycles. The van der Waals surface area contributed by atoms with Crippen molar-refractivity contribution >= 4 is 17.3 Å². The summed E-state index contributed by atoms with van der Waals surface area (Å²) >= 11 is 0. The fourth-order valence-electron chi connectivity index (χ4n) is 4.50. The van der Waals surface area contributed by atoms with Gasteiger partial charge >= 0.3 is 0 Å². The summed E-state index contributed by atoms with van der Waals surface area (Å²) in [6.45, 7) is 1.42. The van der Waals surface area contributed by atoms with Gasteiger partial charge in [-0.3, -0.25) is 19.8 Å². The van der Waals surface area contributed by atoms with Crippen LogP contribution in [0.25, 0.3) is 0 Å². The molecule has 0 bridgehead atoms. The van der Waals surface area contributed by atoms with Crippen molar-refractivity contribution in [1.29, 1.82) is 0 Å². The van der Waals surface area contributed by atoms with Gasteiger partial charge in [0.2, 0.25) is 5.91 Å². The largest absolute Gasteiger partial charge is 0.496 e. The summed E-state index contributed by atoms with van der Waals surface area (Å²) in [5.41, 5.74) is 3.07. The number of carbonyl (C=O) groups excluding carboxylic acids is 1. The van der Waals surface area contributed by atoms with Crippen LogP contribution in [0.2, 0.25) is 0 Å². The van der Waals surface area contributed by atoms with Gasteiger partial charge in [0.15, 0.2) is 0 Å². The van der Waals surface area contributed by atoms with Crippen LogP contribution in [0.1, 0.15) is 29.2 Å². The Hall–Kier alpha value is -3.17. The number of carbonyl (C=O) groups is 1. The van der Waals surface area contributed by atoms with E-state index < -0.39 is 11.0 Å². The number of ether oxygens (including phenoxy) is 2. The number of aliphatic hydroxyl groups excluding tert-OH is 1. The van der Waals surface area contributed by atoms with Crippen molar-refractivity contribution in [2.45, 2.75) is 25.5 Å². The molecular weight excluding hydrogens is 402 g/mol. The molecule has 0 unspecified atom stereocenters. The quantitative estimate of drug-likeness (QED) is 0.577. The van der Waals surface area contributed by atoms with Gasteiger partial charge in [-0.1, -0.05) is 0 Å². The molecule has 1 amide bonds. The van der Waals surface area contributed by atoms with Crippen LogP contribution in [-0.4, -0.2) is 54.7 Å². The summed E-state index contributed by atoms with van der Waals surface area (Å²) in [5.74, 6) is 1.13. The van der Waals surface area contributed by atoms with Crippen LogP contribution in [0.4, 0.5) is 11.4 Å². The third-order valence-corrected chi connectivity index (χ3v) is 5.91. The van der Waals surface area contributed by atoms with Gasteiger partial charge in [0, 0.05) is 48.6 Å². The number of benzene rings is 2. The van der Waals surface area contributed by atoms with Crippen molar-refractivity contribution in [1.82, 2.24) is 4.90 Å². The second-order valence-electron chi connectivity index (χ2n) is 7.77. The molecule has 4 rings (SSSR count). The summed E-state index contributed by atoms with van der Waals surface area (Å²) in [6.07, 6.45) is 0.641. The number of nitro benzene ring substituents is 1. The van der Waals surface area contributed by atoms with E-state index in [0.717, 1.165) is 23.2 Å². The number of nitro groups is 1. The molecule has 0 fully saturated rings. The average Bonchev–Trinajstić information content (AvgIpc) is 2.77. The van der Waals surface area contributed by atoms with Crippen LogP contribution in [0.5, 0.6) is 11.5 Å². The molecule has 31 heavy (non-hydrogen) atoms. The molecule has 0 aromatic heterocycles. The maximum atomic E-state index is 13.2. The minimum absolute atomic E-state index is 0.0323. The highest BCUT2D eigenvalue weighted by molar-refractivity contribution is 5.96. The van der Waals surface area contributed by atoms with Gasteiger partial charge in [-0.25, -0.2) is 0 Å². The smallest absolute Gasteiger partial charge is 0.269 e. The third kappa shape index (κ3) is 3.94. The monoisotopic (exact) mass is 427 g/mol. The second-order valence-corrected chi connectivity index (χ2v) is 7.77. The number of non-ortho nitro benzene ring substituents is 1. The first-order valence-corrected chi connectivity index (χ1v) is 10.1. The first-order valence-electron chi connectivity index (χ1n) is 10.1. The van der Waals surface area contributed by atoms with E-state index >= 15 is 0 Å². The molecule has 0 spiro atoms. The number of nitrogens with zero attached hydrogens (tertiary/aromatic N) is 3. The Kier molecular flexibility index (Phi) is 5.79. The molecule has 2 aromatic rings. The van der Waals surface area contributed by atoms with Crippen molar-refractivity contribution in [3.8, 4) is 11.5 Å². The van der Waals surface area contributed by atoms with Crippen LogP contribution in [0.15, 0.2) is 30.3 Å². The minimum atomic E-state index is -0.808. The summed E-state index contributed by atoms with van der Waals surface area (Å²) in [7, 11) is 3.13. The normalized spacial score (nSPS) is 18.2. The molecule has 9 heteroatoms. The Bertz CT molecular complexity index is 1020. The first kappa shape index (κ1) is 21.1. The lowest BCUT2D eigenvalue weighted by molar-refractivity contribution is -0.384. The Morgan fingerprint density at radius 1 is 1.23 bits per heavy atom. The summed E-state index contributed by atoms with van der Waals surface area (Å²) in [4.78, 5) is 27.4. The molecule has 1 atom stereocenters. The predicted molar refractivity (Wildman–Crippen MR) is 114 cm³/mol. The van der Waals surface area contributed by atoms with E-state index in [2.05, 4.69) is 0 Å². The average molecular weight is 427 g/mol. The van der Waals surface area contributed by atoms with E-state index in [9.17, 15) is 20.0 Å². The van der Waals surface area contributed by atoms with E-state index in [1.165, 1.54) is 6.07 Å². The van der Waals surface area contributed by atoms with E-state index in [4.69, 9.17) is 9.47 Å². The van der Waals surface area contributed by atoms with Crippen LogP contribution in [-0.2, 0) is 17.8 Å². The highest BCUT2D eigenvalue weighted by Crippen LogP contribution is 2.39. The van der Waals surface area contributed by atoms with Crippen LogP contribution >= 0.6 is 0 Å². The lowest BCUT2D eigenvalue weighted by atomic mass is 9.95. The fraction of sp³-hybridized carbons (Fsp3) is 0.409. The standard InChI is InChI=1S/C22H25N3O6/c1-30-19-7-8-20(31-2)22-16(19)11-23(12-18(22)26)13-21(27)24-9-3-4-14-10-15(25(28)29)5-6-17(14)24/h5-8,10,18,26H,3-4,9,11-13H2,1-2H3/t18-/m1/s1. The topological polar surface area (TPSA) is 105 Å². The van der Waals surface area contributed by atoms with Crippen LogP contribution in [0.3, 0.4) is 0 Å². The molecular formula is C22H25N3O6. The molecule has 164 valence electrons. The van der Waals surface area contributed by atoms with Crippen molar-refractivity contribution in [3.05, 3.63) is 57.1 Å². The Morgan fingerprint density at radius 3 is 2.68 bits per heavy atom. The zero-order valence-corrected chi connectivity index (χ0v) is 17.5. The van der Waals surface area contributed by atoms with Gasteiger partial charge in [-0.15, -0.1) is 0 Å². The molecule has 2 aromatic carbocycles. The first-order chi connectivity index (χ1) is 14.9. The summed E-state index contributed by atoms with van der Waals surface area (Å²) in [6, 6.07) is 8.20. The number of β-amino-alcohol motifs (C(OH)–C–C–N with tert-alkyl or cyclic N) is 1. The number of fused-ring (bicyclic) bond motifs is 2. The number of hydrogen-bond acceptors (Lipinski definition) is 7. The van der Waals surface area contributed by atoms with Gasteiger partial charge < -0.3 is 19.5 Å². The number of amides is 1. The van der Waals surface area contributed by atoms with Crippen LogP contribution < -0.4 is 14.4 Å². The molecule has 9 nitrogen and oxygen atoms in total. The summed E-state index contributed by atoms with van der Waals surface area (Å²) < 4.78 is 10.9. The Morgan fingerprint density at radius 2 is 1.97 bits per heavy atom. The van der Waals surface area contributed by atoms with E-state index in [-0.39, 0.29) is 18.1 Å². The zero-order valence-electron chi connectivity index (χ0n) is 17.5. The lowest BCUT2D eigenvalue weighted by Crippen LogP contribution is -2.45. The van der Waals surface area contributed by atoms with Crippen molar-refractivity contribution < 1.29 is 24.3 Å². The predicted octanol–water partition coefficient (Wildman–Crippen LogP) is 2.44. The Balaban J connectivity index is 1.55. The molecule has 2 aliphatic rings. The SMILES string of the molecule is COc1ccc(OC)c2c1CN(CC(=O)N1CCCc3cc([N+](=O)[O-])ccc31)C[C@H]2O. The molecule has 0 saturated heterocycles. The second kappa shape index (κ2) is 8.52. The van der Waals surface area contributed by atoms with Gasteiger partial charge in [0.25, 0.3) is 5.69 Å². The highest BCUT2D eigenvalue weighted by Gasteiger charge is 2.32. The van der Waals surface area contributed by atoms with E-state index in [1.54, 1.807) is 43.4 Å². The molecule has 0 radical (unpaired) electrons. The lowest BCUT2D eigenvalue weighted by Gasteiger charge is -2.36. The van der Waals surface area contributed by atoms with E-state index in [0.29, 0.717) is 43.1 Å². The minimum Gasteiger partial charge on any atom is -0.496 e. The van der Waals surface area contributed by atoms with Crippen molar-refractivity contribution in [3.63, 3.8) is 0 Å². The van der Waals surface area contributed by atoms with E-state index in [1.807, 2.05) is 4.90 Å². The number of hydrogen-bond donors (Lipinski definition) is 1. The van der Waals surface area contributed by atoms with Crippen molar-refractivity contribution in [2.75, 3.05) is 38.8 Å². The fourth-order valence-corrected chi connectivity index (χ4v) is 4.50. The zero-order chi connectivity index (χ0) is 22.1. The van der Waals surface area contributed by atoms with Crippen molar-refractivity contribution in [2.24, 2.45) is 0 Å². The maximum absolute atomic E-state index is 13.2. The number of rotatable bonds is 5. The third-order valence-electron chi connectivity index (χ3n) is 5.91. The maximum Gasteiger partial charge on any atom is 0.269 e. The molecule has 1 N–H and O–H groups in total. The van der Waals surface area contributed by atoms with Gasteiger partial charge in [-0.2, -0.15) is 0 Å². The van der Waals surface area contributed by atoms with Gasteiger partial charge in [0.05, 0.1) is 31.8 Å². The molecule has 0 saturated carbocycles. The number of aryl methyl sites for hydroxylation is 1. The summed E-state index contributed by atoms with van der Waals surface area (Å²) in [5, 5.41) is 21.8.